The van der Waals surface area contributed by atoms with Gasteiger partial charge >= 0.3 is 5.97 Å². The van der Waals surface area contributed by atoms with E-state index in [1.807, 2.05) is 6.07 Å². The third-order valence-electron chi connectivity index (χ3n) is 3.38. The Kier molecular flexibility index (Phi) is 3.70. The molecule has 1 heterocycles. The molecule has 106 valence electrons. The molecule has 0 amide bonds. The van der Waals surface area contributed by atoms with Crippen LogP contribution in [0.1, 0.15) is 38.8 Å². The predicted octanol–water partition coefficient (Wildman–Crippen LogP) is 4.48. The van der Waals surface area contributed by atoms with Crippen LogP contribution in [0.15, 0.2) is 42.5 Å². The molecule has 1 unspecified atom stereocenters. The van der Waals surface area contributed by atoms with Gasteiger partial charge in [-0.1, -0.05) is 41.4 Å². The van der Waals surface area contributed by atoms with Crippen molar-refractivity contribution in [2.75, 3.05) is 0 Å². The van der Waals surface area contributed by atoms with Gasteiger partial charge < -0.3 is 4.74 Å². The Morgan fingerprint density at radius 3 is 2.71 bits per heavy atom. The summed E-state index contributed by atoms with van der Waals surface area (Å²) in [5, 5.41) is 0.772. The van der Waals surface area contributed by atoms with Crippen molar-refractivity contribution in [3.05, 3.63) is 69.2 Å². The minimum atomic E-state index is -0.573. The van der Waals surface area contributed by atoms with Crippen LogP contribution in [0.5, 0.6) is 0 Å². The first-order valence-corrected chi connectivity index (χ1v) is 7.10. The Morgan fingerprint density at radius 2 is 1.90 bits per heavy atom. The normalized spacial score (nSPS) is 16.5. The number of Topliss-reactive ketones (excluding diaryl/α,β-unsaturated/α-hetero) is 1. The van der Waals surface area contributed by atoms with Gasteiger partial charge in [0.05, 0.1) is 17.0 Å². The van der Waals surface area contributed by atoms with Crippen LogP contribution in [0.2, 0.25) is 10.0 Å². The molecule has 5 heteroatoms. The molecule has 21 heavy (non-hydrogen) atoms. The van der Waals surface area contributed by atoms with Gasteiger partial charge in [0.2, 0.25) is 0 Å². The van der Waals surface area contributed by atoms with Gasteiger partial charge in [-0.2, -0.15) is 0 Å². The number of benzene rings is 2. The standard InChI is InChI=1S/C16H10Cl2O3/c17-9-5-6-13(18)12(7-9)14(19)8-15-10-3-1-2-4-11(10)16(20)21-15/h1-7,15H,8H2. The molecule has 0 saturated carbocycles. The monoisotopic (exact) mass is 320 g/mol. The molecule has 0 saturated heterocycles. The molecule has 1 aliphatic heterocycles. The van der Waals surface area contributed by atoms with Crippen molar-refractivity contribution in [2.45, 2.75) is 12.5 Å². The highest BCUT2D eigenvalue weighted by molar-refractivity contribution is 6.35. The van der Waals surface area contributed by atoms with Gasteiger partial charge in [0.1, 0.15) is 6.10 Å². The van der Waals surface area contributed by atoms with Gasteiger partial charge in [0.15, 0.2) is 5.78 Å². The zero-order chi connectivity index (χ0) is 15.0. The van der Waals surface area contributed by atoms with Crippen molar-refractivity contribution in [2.24, 2.45) is 0 Å². The first-order valence-electron chi connectivity index (χ1n) is 6.34. The maximum absolute atomic E-state index is 12.4. The van der Waals surface area contributed by atoms with E-state index < -0.39 is 12.1 Å². The minimum Gasteiger partial charge on any atom is -0.453 e. The van der Waals surface area contributed by atoms with Gasteiger partial charge in [-0.15, -0.1) is 0 Å². The summed E-state index contributed by atoms with van der Waals surface area (Å²) in [6, 6.07) is 11.8. The number of cyclic esters (lactones) is 1. The third-order valence-corrected chi connectivity index (χ3v) is 3.94. The van der Waals surface area contributed by atoms with Gasteiger partial charge in [-0.25, -0.2) is 4.79 Å². The van der Waals surface area contributed by atoms with Crippen molar-refractivity contribution in [3.8, 4) is 0 Å². The van der Waals surface area contributed by atoms with Crippen molar-refractivity contribution >= 4 is 35.0 Å². The molecule has 2 aromatic rings. The molecule has 1 aliphatic rings. The van der Waals surface area contributed by atoms with E-state index in [1.54, 1.807) is 30.3 Å². The highest BCUT2D eigenvalue weighted by Gasteiger charge is 2.32. The average Bonchev–Trinajstić information content (AvgIpc) is 2.78. The number of ketones is 1. The predicted molar refractivity (Wildman–Crippen MR) is 80.0 cm³/mol. The number of hydrogen-bond acceptors (Lipinski definition) is 3. The average molecular weight is 321 g/mol. The topological polar surface area (TPSA) is 43.4 Å². The van der Waals surface area contributed by atoms with E-state index in [4.69, 9.17) is 27.9 Å². The fourth-order valence-electron chi connectivity index (χ4n) is 2.36. The van der Waals surface area contributed by atoms with E-state index in [0.717, 1.165) is 5.56 Å². The molecule has 0 aliphatic carbocycles. The van der Waals surface area contributed by atoms with Crippen LogP contribution in [-0.4, -0.2) is 11.8 Å². The second kappa shape index (κ2) is 5.51. The van der Waals surface area contributed by atoms with E-state index in [1.165, 1.54) is 6.07 Å². The number of rotatable bonds is 3. The van der Waals surface area contributed by atoms with Crippen molar-refractivity contribution in [1.82, 2.24) is 0 Å². The van der Waals surface area contributed by atoms with Crippen LogP contribution in [0, 0.1) is 0 Å². The van der Waals surface area contributed by atoms with Crippen molar-refractivity contribution in [1.29, 1.82) is 0 Å². The molecule has 0 aromatic heterocycles. The van der Waals surface area contributed by atoms with Crippen molar-refractivity contribution in [3.63, 3.8) is 0 Å². The van der Waals surface area contributed by atoms with E-state index >= 15 is 0 Å². The molecule has 0 fully saturated rings. The summed E-state index contributed by atoms with van der Waals surface area (Å²) in [6.07, 6.45) is -0.528. The molecular formula is C16H10Cl2O3. The summed E-state index contributed by atoms with van der Waals surface area (Å²) in [5.74, 6) is -0.613. The number of carbonyl (C=O) groups excluding carboxylic acids is 2. The first-order chi connectivity index (χ1) is 10.1. The molecular weight excluding hydrogens is 311 g/mol. The Bertz CT molecular complexity index is 740. The second-order valence-corrected chi connectivity index (χ2v) is 5.58. The van der Waals surface area contributed by atoms with Crippen LogP contribution in [0.3, 0.4) is 0 Å². The quantitative estimate of drug-likeness (QED) is 0.618. The van der Waals surface area contributed by atoms with Crippen LogP contribution in [-0.2, 0) is 4.74 Å². The molecule has 3 rings (SSSR count). The zero-order valence-electron chi connectivity index (χ0n) is 10.8. The smallest absolute Gasteiger partial charge is 0.339 e. The number of hydrogen-bond donors (Lipinski definition) is 0. The number of carbonyl (C=O) groups is 2. The summed E-state index contributed by atoms with van der Waals surface area (Å²) >= 11 is 11.9. The number of esters is 1. The Balaban J connectivity index is 1.87. The molecule has 0 N–H and O–H groups in total. The fraction of sp³-hybridized carbons (Fsp3) is 0.125. The first kappa shape index (κ1) is 14.1. The molecule has 3 nitrogen and oxygen atoms in total. The lowest BCUT2D eigenvalue weighted by molar-refractivity contribution is 0.0367. The Hall–Kier alpha value is -1.84. The lowest BCUT2D eigenvalue weighted by Crippen LogP contribution is -2.08. The Morgan fingerprint density at radius 1 is 1.14 bits per heavy atom. The SMILES string of the molecule is O=C(CC1OC(=O)c2ccccc21)c1cc(Cl)ccc1Cl. The van der Waals surface area contributed by atoms with E-state index in [-0.39, 0.29) is 12.2 Å². The Labute approximate surface area is 131 Å². The van der Waals surface area contributed by atoms with Gasteiger partial charge in [-0.3, -0.25) is 4.79 Å². The second-order valence-electron chi connectivity index (χ2n) is 4.73. The molecule has 2 aromatic carbocycles. The lowest BCUT2D eigenvalue weighted by atomic mass is 9.98. The molecule has 0 radical (unpaired) electrons. The highest BCUT2D eigenvalue weighted by Crippen LogP contribution is 2.34. The largest absolute Gasteiger partial charge is 0.453 e. The van der Waals surface area contributed by atoms with Gasteiger partial charge in [0, 0.05) is 16.1 Å². The molecule has 0 bridgehead atoms. The van der Waals surface area contributed by atoms with Crippen molar-refractivity contribution < 1.29 is 14.3 Å². The van der Waals surface area contributed by atoms with Crippen LogP contribution in [0.4, 0.5) is 0 Å². The van der Waals surface area contributed by atoms with Crippen LogP contribution >= 0.6 is 23.2 Å². The van der Waals surface area contributed by atoms with Gasteiger partial charge in [-0.05, 0) is 24.3 Å². The van der Waals surface area contributed by atoms with E-state index in [0.29, 0.717) is 21.2 Å². The maximum atomic E-state index is 12.4. The van der Waals surface area contributed by atoms with Crippen LogP contribution < -0.4 is 0 Å². The summed E-state index contributed by atoms with van der Waals surface area (Å²) in [4.78, 5) is 24.1. The van der Waals surface area contributed by atoms with E-state index in [2.05, 4.69) is 0 Å². The number of fused-ring (bicyclic) bond motifs is 1. The third kappa shape index (κ3) is 2.67. The number of halogens is 2. The van der Waals surface area contributed by atoms with Crippen LogP contribution in [0.25, 0.3) is 0 Å². The molecule has 0 spiro atoms. The summed E-state index contributed by atoms with van der Waals surface area (Å²) in [6.45, 7) is 0. The summed E-state index contributed by atoms with van der Waals surface area (Å²) in [5.41, 5.74) is 1.58. The number of ether oxygens (including phenoxy) is 1. The van der Waals surface area contributed by atoms with Gasteiger partial charge in [0.25, 0.3) is 0 Å². The lowest BCUT2D eigenvalue weighted by Gasteiger charge is -2.10. The highest BCUT2D eigenvalue weighted by atomic mass is 35.5. The summed E-state index contributed by atoms with van der Waals surface area (Å²) in [7, 11) is 0. The maximum Gasteiger partial charge on any atom is 0.339 e. The minimum absolute atomic E-state index is 0.0445. The summed E-state index contributed by atoms with van der Waals surface area (Å²) < 4.78 is 5.26. The fourth-order valence-corrected chi connectivity index (χ4v) is 2.76. The zero-order valence-corrected chi connectivity index (χ0v) is 12.3. The van der Waals surface area contributed by atoms with E-state index in [9.17, 15) is 9.59 Å². The molecule has 1 atom stereocenters.